The van der Waals surface area contributed by atoms with E-state index in [1.54, 1.807) is 13.3 Å². The molecular weight excluding hydrogens is 352 g/mol. The van der Waals surface area contributed by atoms with E-state index in [0.29, 0.717) is 10.9 Å². The molecule has 3 aromatic rings. The van der Waals surface area contributed by atoms with Gasteiger partial charge in [0.25, 0.3) is 0 Å². The first-order valence-electron chi connectivity index (χ1n) is 8.58. The Kier molecular flexibility index (Phi) is 4.91. The van der Waals surface area contributed by atoms with Crippen molar-refractivity contribution in [2.24, 2.45) is 0 Å². The second kappa shape index (κ2) is 7.48. The first-order chi connectivity index (χ1) is 12.7. The van der Waals surface area contributed by atoms with Crippen molar-refractivity contribution in [1.82, 2.24) is 9.97 Å². The molecule has 4 rings (SSSR count). The molecule has 1 saturated heterocycles. The number of hydrogen-bond donors (Lipinski definition) is 0. The highest BCUT2D eigenvalue weighted by molar-refractivity contribution is 6.34. The molecule has 0 saturated carbocycles. The van der Waals surface area contributed by atoms with Gasteiger partial charge in [0, 0.05) is 30.0 Å². The summed E-state index contributed by atoms with van der Waals surface area (Å²) in [5.41, 5.74) is 2.46. The summed E-state index contributed by atoms with van der Waals surface area (Å²) in [5, 5.41) is 1.27. The summed E-state index contributed by atoms with van der Waals surface area (Å²) in [6.07, 6.45) is 3.67. The van der Waals surface area contributed by atoms with Crippen LogP contribution in [0.1, 0.15) is 12.8 Å². The van der Waals surface area contributed by atoms with E-state index >= 15 is 0 Å². The fourth-order valence-corrected chi connectivity index (χ4v) is 3.33. The second-order valence-corrected chi connectivity index (χ2v) is 6.52. The van der Waals surface area contributed by atoms with Crippen molar-refractivity contribution in [3.8, 4) is 22.8 Å². The van der Waals surface area contributed by atoms with Gasteiger partial charge < -0.3 is 14.2 Å². The van der Waals surface area contributed by atoms with Crippen molar-refractivity contribution in [2.75, 3.05) is 20.3 Å². The van der Waals surface area contributed by atoms with Gasteiger partial charge in [0.05, 0.1) is 31.5 Å². The van der Waals surface area contributed by atoms with Crippen LogP contribution in [0.25, 0.3) is 22.2 Å². The number of ether oxygens (including phenoxy) is 3. The Balaban J connectivity index is 1.67. The quantitative estimate of drug-likeness (QED) is 0.632. The molecule has 0 atom stereocenters. The zero-order chi connectivity index (χ0) is 17.9. The van der Waals surface area contributed by atoms with E-state index in [1.807, 2.05) is 36.4 Å². The molecule has 0 unspecified atom stereocenters. The molecule has 1 fully saturated rings. The number of aromatic nitrogens is 2. The van der Waals surface area contributed by atoms with Gasteiger partial charge in [-0.2, -0.15) is 0 Å². The number of pyridine rings is 2. The van der Waals surface area contributed by atoms with Crippen LogP contribution in [-0.4, -0.2) is 36.4 Å². The van der Waals surface area contributed by atoms with Crippen LogP contribution in [0.15, 0.2) is 42.6 Å². The average Bonchev–Trinajstić information content (AvgIpc) is 2.69. The van der Waals surface area contributed by atoms with Crippen LogP contribution in [-0.2, 0) is 4.74 Å². The minimum absolute atomic E-state index is 0.154. The molecule has 134 valence electrons. The topological polar surface area (TPSA) is 53.5 Å². The number of nitrogens with zero attached hydrogens (tertiary/aromatic N) is 2. The van der Waals surface area contributed by atoms with Crippen LogP contribution in [0.2, 0.25) is 5.15 Å². The van der Waals surface area contributed by atoms with E-state index in [2.05, 4.69) is 9.97 Å². The van der Waals surface area contributed by atoms with Gasteiger partial charge in [-0.1, -0.05) is 11.6 Å². The average molecular weight is 371 g/mol. The van der Waals surface area contributed by atoms with Gasteiger partial charge in [-0.3, -0.25) is 4.98 Å². The summed E-state index contributed by atoms with van der Waals surface area (Å²) in [6, 6.07) is 11.5. The first kappa shape index (κ1) is 17.1. The molecule has 1 aliphatic heterocycles. The lowest BCUT2D eigenvalue weighted by Gasteiger charge is -2.24. The summed E-state index contributed by atoms with van der Waals surface area (Å²) in [4.78, 5) is 8.88. The van der Waals surface area contributed by atoms with Gasteiger partial charge in [0.15, 0.2) is 11.5 Å². The van der Waals surface area contributed by atoms with E-state index in [0.717, 1.165) is 54.0 Å². The largest absolute Gasteiger partial charge is 0.493 e. The predicted octanol–water partition coefficient (Wildman–Crippen LogP) is 4.52. The normalized spacial score (nSPS) is 15.2. The SMILES string of the molecule is COc1cc(-c2cc3ncccc3c(Cl)n2)ccc1OC1CCOCC1. The van der Waals surface area contributed by atoms with E-state index in [9.17, 15) is 0 Å². The third kappa shape index (κ3) is 3.45. The molecule has 0 spiro atoms. The van der Waals surface area contributed by atoms with Gasteiger partial charge in [-0.25, -0.2) is 4.98 Å². The van der Waals surface area contributed by atoms with Crippen LogP contribution in [0.3, 0.4) is 0 Å². The third-order valence-electron chi connectivity index (χ3n) is 4.47. The Morgan fingerprint density at radius 2 is 1.96 bits per heavy atom. The molecule has 0 aliphatic carbocycles. The van der Waals surface area contributed by atoms with E-state index in [-0.39, 0.29) is 6.10 Å². The van der Waals surface area contributed by atoms with Crippen LogP contribution in [0.5, 0.6) is 11.5 Å². The standard InChI is InChI=1S/C20H19ClN2O3/c1-24-19-11-13(4-5-18(19)26-14-6-9-25-10-7-14)16-12-17-15(20(21)23-16)3-2-8-22-17/h2-5,8,11-12,14H,6-7,9-10H2,1H3. The lowest BCUT2D eigenvalue weighted by Crippen LogP contribution is -2.26. The number of hydrogen-bond acceptors (Lipinski definition) is 5. The summed E-state index contributed by atoms with van der Waals surface area (Å²) in [6.45, 7) is 1.47. The Morgan fingerprint density at radius 3 is 2.77 bits per heavy atom. The maximum atomic E-state index is 6.33. The highest BCUT2D eigenvalue weighted by atomic mass is 35.5. The minimum atomic E-state index is 0.154. The van der Waals surface area contributed by atoms with Crippen LogP contribution < -0.4 is 9.47 Å². The Morgan fingerprint density at radius 1 is 1.12 bits per heavy atom. The molecule has 0 bridgehead atoms. The van der Waals surface area contributed by atoms with Crippen molar-refractivity contribution < 1.29 is 14.2 Å². The smallest absolute Gasteiger partial charge is 0.161 e. The van der Waals surface area contributed by atoms with Gasteiger partial charge in [0.1, 0.15) is 11.3 Å². The van der Waals surface area contributed by atoms with Crippen molar-refractivity contribution in [3.05, 3.63) is 47.7 Å². The van der Waals surface area contributed by atoms with Gasteiger partial charge in [-0.05, 0) is 36.4 Å². The van der Waals surface area contributed by atoms with Crippen molar-refractivity contribution in [2.45, 2.75) is 18.9 Å². The van der Waals surface area contributed by atoms with Gasteiger partial charge in [0.2, 0.25) is 0 Å². The first-order valence-corrected chi connectivity index (χ1v) is 8.96. The second-order valence-electron chi connectivity index (χ2n) is 6.16. The van der Waals surface area contributed by atoms with Crippen LogP contribution in [0.4, 0.5) is 0 Å². The van der Waals surface area contributed by atoms with E-state index < -0.39 is 0 Å². The Hall–Kier alpha value is -2.37. The fourth-order valence-electron chi connectivity index (χ4n) is 3.08. The lowest BCUT2D eigenvalue weighted by atomic mass is 10.1. The summed E-state index contributed by atoms with van der Waals surface area (Å²) < 4.78 is 17.0. The molecule has 26 heavy (non-hydrogen) atoms. The van der Waals surface area contributed by atoms with E-state index in [4.69, 9.17) is 25.8 Å². The van der Waals surface area contributed by atoms with Gasteiger partial charge >= 0.3 is 0 Å². The van der Waals surface area contributed by atoms with Crippen molar-refractivity contribution >= 4 is 22.5 Å². The number of benzene rings is 1. The lowest BCUT2D eigenvalue weighted by molar-refractivity contribution is 0.0245. The highest BCUT2D eigenvalue weighted by Crippen LogP contribution is 2.35. The summed E-state index contributed by atoms with van der Waals surface area (Å²) in [7, 11) is 1.64. The van der Waals surface area contributed by atoms with Crippen LogP contribution >= 0.6 is 11.6 Å². The number of methoxy groups -OCH3 is 1. The summed E-state index contributed by atoms with van der Waals surface area (Å²) in [5.74, 6) is 1.40. The van der Waals surface area contributed by atoms with E-state index in [1.165, 1.54) is 0 Å². The Labute approximate surface area is 156 Å². The van der Waals surface area contributed by atoms with Crippen LogP contribution in [0, 0.1) is 0 Å². The number of halogens is 1. The Bertz CT molecular complexity index is 926. The molecular formula is C20H19ClN2O3. The molecule has 5 nitrogen and oxygen atoms in total. The van der Waals surface area contributed by atoms with Crippen molar-refractivity contribution in [3.63, 3.8) is 0 Å². The maximum absolute atomic E-state index is 6.33. The summed E-state index contributed by atoms with van der Waals surface area (Å²) >= 11 is 6.33. The minimum Gasteiger partial charge on any atom is -0.493 e. The zero-order valence-electron chi connectivity index (χ0n) is 14.4. The number of rotatable bonds is 4. The molecule has 0 radical (unpaired) electrons. The molecule has 3 heterocycles. The molecule has 1 aliphatic rings. The highest BCUT2D eigenvalue weighted by Gasteiger charge is 2.18. The molecule has 1 aromatic carbocycles. The van der Waals surface area contributed by atoms with Crippen molar-refractivity contribution in [1.29, 1.82) is 0 Å². The maximum Gasteiger partial charge on any atom is 0.161 e. The number of fused-ring (bicyclic) bond motifs is 1. The molecule has 6 heteroatoms. The van der Waals surface area contributed by atoms with Gasteiger partial charge in [-0.15, -0.1) is 0 Å². The fraction of sp³-hybridized carbons (Fsp3) is 0.300. The molecule has 0 N–H and O–H groups in total. The molecule has 2 aromatic heterocycles. The zero-order valence-corrected chi connectivity index (χ0v) is 15.2. The molecule has 0 amide bonds. The predicted molar refractivity (Wildman–Crippen MR) is 101 cm³/mol. The monoisotopic (exact) mass is 370 g/mol. The third-order valence-corrected chi connectivity index (χ3v) is 4.76.